The van der Waals surface area contributed by atoms with Crippen molar-refractivity contribution in [3.8, 4) is 11.5 Å². The number of nitrogens with one attached hydrogen (secondary N) is 2. The maximum Gasteiger partial charge on any atom is 0.251 e. The van der Waals surface area contributed by atoms with E-state index in [4.69, 9.17) is 9.47 Å². The third-order valence-electron chi connectivity index (χ3n) is 3.42. The normalized spacial score (nSPS) is 11.9. The molecule has 0 atom stereocenters. The van der Waals surface area contributed by atoms with E-state index in [1.54, 1.807) is 24.3 Å². The van der Waals surface area contributed by atoms with Crippen molar-refractivity contribution in [2.24, 2.45) is 0 Å². The molecule has 0 aliphatic carbocycles. The van der Waals surface area contributed by atoms with Gasteiger partial charge in [0.2, 0.25) is 12.7 Å². The van der Waals surface area contributed by atoms with E-state index in [-0.39, 0.29) is 25.2 Å². The number of halogens is 1. The summed E-state index contributed by atoms with van der Waals surface area (Å²) in [6, 6.07) is 12.5. The van der Waals surface area contributed by atoms with Crippen LogP contribution in [0.15, 0.2) is 46.9 Å². The molecule has 0 bridgehead atoms. The number of benzene rings is 2. The highest BCUT2D eigenvalue weighted by Crippen LogP contribution is 2.32. The van der Waals surface area contributed by atoms with E-state index in [0.717, 1.165) is 10.0 Å². The molecule has 1 aliphatic rings. The van der Waals surface area contributed by atoms with Crippen molar-refractivity contribution < 1.29 is 19.1 Å². The van der Waals surface area contributed by atoms with Gasteiger partial charge in [-0.1, -0.05) is 28.1 Å². The molecular formula is C17H15BrN2O4. The standard InChI is InChI=1S/C17H15BrN2O4/c18-13-3-1-2-12(7-13)17(22)20-9-16(21)19-8-11-4-5-14-15(6-11)24-10-23-14/h1-7H,8-10H2,(H,19,21)(H,20,22). The first-order chi connectivity index (χ1) is 11.6. The summed E-state index contributed by atoms with van der Waals surface area (Å²) in [5.41, 5.74) is 1.39. The Morgan fingerprint density at radius 3 is 2.71 bits per heavy atom. The minimum absolute atomic E-state index is 0.0874. The van der Waals surface area contributed by atoms with Crippen molar-refractivity contribution in [3.63, 3.8) is 0 Å². The fourth-order valence-corrected chi connectivity index (χ4v) is 2.61. The van der Waals surface area contributed by atoms with E-state index in [1.807, 2.05) is 18.2 Å². The van der Waals surface area contributed by atoms with Crippen LogP contribution in [0, 0.1) is 0 Å². The molecule has 24 heavy (non-hydrogen) atoms. The third kappa shape index (κ3) is 4.05. The minimum Gasteiger partial charge on any atom is -0.454 e. The van der Waals surface area contributed by atoms with Crippen LogP contribution in [0.25, 0.3) is 0 Å². The second-order valence-electron chi connectivity index (χ2n) is 5.16. The predicted octanol–water partition coefficient (Wildman–Crippen LogP) is 2.22. The molecule has 0 saturated heterocycles. The fraction of sp³-hybridized carbons (Fsp3) is 0.176. The maximum atomic E-state index is 12.0. The quantitative estimate of drug-likeness (QED) is 0.820. The molecule has 1 aliphatic heterocycles. The van der Waals surface area contributed by atoms with Gasteiger partial charge in [-0.15, -0.1) is 0 Å². The number of amides is 2. The summed E-state index contributed by atoms with van der Waals surface area (Å²) in [5, 5.41) is 5.34. The SMILES string of the molecule is O=C(CNC(=O)c1cccc(Br)c1)NCc1ccc2c(c1)OCO2. The topological polar surface area (TPSA) is 76.7 Å². The Bertz CT molecular complexity index is 779. The van der Waals surface area contributed by atoms with Gasteiger partial charge in [0, 0.05) is 16.6 Å². The van der Waals surface area contributed by atoms with Gasteiger partial charge in [0.1, 0.15) is 0 Å². The van der Waals surface area contributed by atoms with Crippen molar-refractivity contribution in [1.82, 2.24) is 10.6 Å². The smallest absolute Gasteiger partial charge is 0.251 e. The van der Waals surface area contributed by atoms with Gasteiger partial charge in [-0.05, 0) is 35.9 Å². The summed E-state index contributed by atoms with van der Waals surface area (Å²) in [7, 11) is 0. The summed E-state index contributed by atoms with van der Waals surface area (Å²) >= 11 is 3.30. The highest BCUT2D eigenvalue weighted by Gasteiger charge is 2.13. The first kappa shape index (κ1) is 16.3. The molecule has 124 valence electrons. The molecule has 6 nitrogen and oxygen atoms in total. The summed E-state index contributed by atoms with van der Waals surface area (Å²) in [6.07, 6.45) is 0. The minimum atomic E-state index is -0.297. The van der Waals surface area contributed by atoms with Gasteiger partial charge >= 0.3 is 0 Å². The number of ether oxygens (including phenoxy) is 2. The molecule has 7 heteroatoms. The molecule has 2 amide bonds. The number of fused-ring (bicyclic) bond motifs is 1. The van der Waals surface area contributed by atoms with Gasteiger partial charge in [-0.25, -0.2) is 0 Å². The fourth-order valence-electron chi connectivity index (χ4n) is 2.21. The Hall–Kier alpha value is -2.54. The van der Waals surface area contributed by atoms with E-state index in [1.165, 1.54) is 0 Å². The Balaban J connectivity index is 1.47. The monoisotopic (exact) mass is 390 g/mol. The van der Waals surface area contributed by atoms with E-state index < -0.39 is 0 Å². The number of carbonyl (C=O) groups excluding carboxylic acids is 2. The lowest BCUT2D eigenvalue weighted by atomic mass is 10.2. The maximum absolute atomic E-state index is 12.0. The number of rotatable bonds is 5. The largest absolute Gasteiger partial charge is 0.454 e. The third-order valence-corrected chi connectivity index (χ3v) is 3.92. The molecule has 2 N–H and O–H groups in total. The van der Waals surface area contributed by atoms with Crippen LogP contribution in [0.4, 0.5) is 0 Å². The summed E-state index contributed by atoms with van der Waals surface area (Å²) < 4.78 is 11.3. The lowest BCUT2D eigenvalue weighted by molar-refractivity contribution is -0.120. The van der Waals surface area contributed by atoms with Crippen LogP contribution in [0.2, 0.25) is 0 Å². The first-order valence-electron chi connectivity index (χ1n) is 7.31. The second kappa shape index (κ2) is 7.35. The van der Waals surface area contributed by atoms with Crippen LogP contribution in [0.5, 0.6) is 11.5 Å². The van der Waals surface area contributed by atoms with Crippen LogP contribution in [-0.2, 0) is 11.3 Å². The van der Waals surface area contributed by atoms with Crippen LogP contribution >= 0.6 is 15.9 Å². The van der Waals surface area contributed by atoms with Crippen molar-refractivity contribution in [2.45, 2.75) is 6.54 Å². The average molecular weight is 391 g/mol. The number of carbonyl (C=O) groups is 2. The van der Waals surface area contributed by atoms with Gasteiger partial charge in [-0.3, -0.25) is 9.59 Å². The summed E-state index contributed by atoms with van der Waals surface area (Å²) in [6.45, 7) is 0.477. The molecule has 3 rings (SSSR count). The van der Waals surface area contributed by atoms with Gasteiger partial charge in [-0.2, -0.15) is 0 Å². The van der Waals surface area contributed by atoms with Gasteiger partial charge in [0.25, 0.3) is 5.91 Å². The Labute approximate surface area is 147 Å². The Morgan fingerprint density at radius 1 is 1.04 bits per heavy atom. The van der Waals surface area contributed by atoms with E-state index in [9.17, 15) is 9.59 Å². The van der Waals surface area contributed by atoms with Crippen molar-refractivity contribution in [2.75, 3.05) is 13.3 Å². The zero-order valence-corrected chi connectivity index (χ0v) is 14.3. The van der Waals surface area contributed by atoms with Gasteiger partial charge in [0.15, 0.2) is 11.5 Å². The molecule has 0 fully saturated rings. The van der Waals surface area contributed by atoms with E-state index >= 15 is 0 Å². The molecule has 1 heterocycles. The summed E-state index contributed by atoms with van der Waals surface area (Å²) in [5.74, 6) is 0.807. The Morgan fingerprint density at radius 2 is 1.88 bits per heavy atom. The highest BCUT2D eigenvalue weighted by atomic mass is 79.9. The van der Waals surface area contributed by atoms with Crippen molar-refractivity contribution >= 4 is 27.7 Å². The zero-order valence-electron chi connectivity index (χ0n) is 12.7. The Kier molecular flexibility index (Phi) is 5.00. The molecular weight excluding hydrogens is 376 g/mol. The second-order valence-corrected chi connectivity index (χ2v) is 6.07. The van der Waals surface area contributed by atoms with Crippen molar-refractivity contribution in [1.29, 1.82) is 0 Å². The van der Waals surface area contributed by atoms with Crippen molar-refractivity contribution in [3.05, 3.63) is 58.1 Å². The predicted molar refractivity (Wildman–Crippen MR) is 90.9 cm³/mol. The number of hydrogen-bond donors (Lipinski definition) is 2. The van der Waals surface area contributed by atoms with E-state index in [0.29, 0.717) is 23.6 Å². The van der Waals surface area contributed by atoms with Crippen LogP contribution in [0.1, 0.15) is 15.9 Å². The van der Waals surface area contributed by atoms with Gasteiger partial charge < -0.3 is 20.1 Å². The van der Waals surface area contributed by atoms with Crippen LogP contribution in [0.3, 0.4) is 0 Å². The average Bonchev–Trinajstić information content (AvgIpc) is 3.05. The first-order valence-corrected chi connectivity index (χ1v) is 8.10. The molecule has 0 saturated carbocycles. The zero-order chi connectivity index (χ0) is 16.9. The molecule has 2 aromatic rings. The van der Waals surface area contributed by atoms with Crippen LogP contribution < -0.4 is 20.1 Å². The molecule has 2 aromatic carbocycles. The number of hydrogen-bond acceptors (Lipinski definition) is 4. The molecule has 0 unspecified atom stereocenters. The molecule has 0 spiro atoms. The molecule has 0 radical (unpaired) electrons. The lowest BCUT2D eigenvalue weighted by Gasteiger charge is -2.08. The van der Waals surface area contributed by atoms with E-state index in [2.05, 4.69) is 26.6 Å². The summed E-state index contributed by atoms with van der Waals surface area (Å²) in [4.78, 5) is 23.8. The molecule has 0 aromatic heterocycles. The van der Waals surface area contributed by atoms with Crippen LogP contribution in [-0.4, -0.2) is 25.2 Å². The highest BCUT2D eigenvalue weighted by molar-refractivity contribution is 9.10. The lowest BCUT2D eigenvalue weighted by Crippen LogP contribution is -2.36. The van der Waals surface area contributed by atoms with Gasteiger partial charge in [0.05, 0.1) is 6.54 Å².